The molecule has 1 aliphatic heterocycles. The van der Waals surface area contributed by atoms with E-state index in [9.17, 15) is 35.9 Å². The molecule has 0 bridgehead atoms. The van der Waals surface area contributed by atoms with Gasteiger partial charge in [0, 0.05) is 31.6 Å². The number of carbonyl (C=O) groups is 2. The molecule has 0 saturated heterocycles. The van der Waals surface area contributed by atoms with Gasteiger partial charge in [-0.05, 0) is 24.5 Å². The number of amides is 2. The van der Waals surface area contributed by atoms with E-state index < -0.39 is 53.4 Å². The van der Waals surface area contributed by atoms with Crippen LogP contribution in [0, 0.1) is 17.5 Å². The second kappa shape index (κ2) is 12.2. The predicted molar refractivity (Wildman–Crippen MR) is 117 cm³/mol. The van der Waals surface area contributed by atoms with Crippen LogP contribution in [-0.4, -0.2) is 44.9 Å². The van der Waals surface area contributed by atoms with Gasteiger partial charge in [-0.3, -0.25) is 9.59 Å². The van der Waals surface area contributed by atoms with Gasteiger partial charge in [0.25, 0.3) is 0 Å². The first-order chi connectivity index (χ1) is 16.7. The van der Waals surface area contributed by atoms with Gasteiger partial charge in [0.05, 0.1) is 24.5 Å². The number of rotatable bonds is 7. The minimum absolute atomic E-state index is 0.0392. The fourth-order valence-electron chi connectivity index (χ4n) is 3.60. The molecule has 1 aliphatic rings. The molecule has 1 aromatic heterocycles. The molecule has 0 radical (unpaired) electrons. The highest BCUT2D eigenvalue weighted by Crippen LogP contribution is 2.30. The van der Waals surface area contributed by atoms with Crippen molar-refractivity contribution in [2.45, 2.75) is 64.0 Å². The van der Waals surface area contributed by atoms with Crippen molar-refractivity contribution in [1.82, 2.24) is 14.5 Å². The van der Waals surface area contributed by atoms with Crippen molar-refractivity contribution >= 4 is 11.8 Å². The Kier molecular flexibility index (Phi) is 9.87. The summed E-state index contributed by atoms with van der Waals surface area (Å²) in [6.45, 7) is 1.87. The fourth-order valence-corrected chi connectivity index (χ4v) is 3.60. The Bertz CT molecular complexity index is 1070. The molecule has 0 spiro atoms. The SMILES string of the molecule is CCCC(N)C(N)=O.NC(CC(=O)N1CCn2c(cnc2C(F)(F)F)C1)Cc1cc(F)c(F)cc1F. The number of alkyl halides is 3. The van der Waals surface area contributed by atoms with Crippen molar-refractivity contribution in [2.24, 2.45) is 17.2 Å². The summed E-state index contributed by atoms with van der Waals surface area (Å²) in [7, 11) is 0. The molecule has 2 aromatic rings. The zero-order chi connectivity index (χ0) is 27.2. The predicted octanol–water partition coefficient (Wildman–Crippen LogP) is 2.22. The Labute approximate surface area is 203 Å². The van der Waals surface area contributed by atoms with E-state index >= 15 is 0 Å². The van der Waals surface area contributed by atoms with Crippen LogP contribution >= 0.6 is 0 Å². The number of nitrogens with zero attached hydrogens (tertiary/aromatic N) is 3. The zero-order valence-electron chi connectivity index (χ0n) is 19.5. The Morgan fingerprint density at radius 1 is 1.08 bits per heavy atom. The van der Waals surface area contributed by atoms with Crippen LogP contribution in [0.3, 0.4) is 0 Å². The van der Waals surface area contributed by atoms with Gasteiger partial charge in [-0.25, -0.2) is 18.2 Å². The third kappa shape index (κ3) is 7.68. The maximum Gasteiger partial charge on any atom is 0.449 e. The molecule has 6 N–H and O–H groups in total. The number of aromatic nitrogens is 2. The summed E-state index contributed by atoms with van der Waals surface area (Å²) >= 11 is 0. The van der Waals surface area contributed by atoms with Gasteiger partial charge in [-0.15, -0.1) is 0 Å². The lowest BCUT2D eigenvalue weighted by molar-refractivity contribution is -0.148. The van der Waals surface area contributed by atoms with Gasteiger partial charge in [0.15, 0.2) is 11.6 Å². The van der Waals surface area contributed by atoms with Crippen LogP contribution in [0.4, 0.5) is 26.3 Å². The summed E-state index contributed by atoms with van der Waals surface area (Å²) in [5.74, 6) is -5.37. The first kappa shape index (κ1) is 29.1. The fraction of sp³-hybridized carbons (Fsp3) is 0.500. The second-order valence-corrected chi connectivity index (χ2v) is 8.36. The molecule has 14 heteroatoms. The molecule has 0 fully saturated rings. The van der Waals surface area contributed by atoms with Crippen molar-refractivity contribution in [3.8, 4) is 0 Å². The number of hydrogen-bond acceptors (Lipinski definition) is 5. The van der Waals surface area contributed by atoms with Crippen LogP contribution in [0.5, 0.6) is 0 Å². The molecular weight excluding hydrogens is 494 g/mol. The summed E-state index contributed by atoms with van der Waals surface area (Å²) in [5.41, 5.74) is 16.0. The average Bonchev–Trinajstić information content (AvgIpc) is 3.22. The van der Waals surface area contributed by atoms with E-state index in [1.54, 1.807) is 0 Å². The monoisotopic (exact) mass is 522 g/mol. The lowest BCUT2D eigenvalue weighted by atomic mass is 10.0. The molecule has 8 nitrogen and oxygen atoms in total. The quantitative estimate of drug-likeness (QED) is 0.379. The number of carbonyl (C=O) groups excluding carboxylic acids is 2. The summed E-state index contributed by atoms with van der Waals surface area (Å²) in [4.78, 5) is 27.3. The summed E-state index contributed by atoms with van der Waals surface area (Å²) in [5, 5.41) is 0. The molecule has 2 unspecified atom stereocenters. The van der Waals surface area contributed by atoms with Gasteiger partial charge >= 0.3 is 6.18 Å². The van der Waals surface area contributed by atoms with Crippen molar-refractivity contribution in [3.05, 3.63) is 52.9 Å². The highest BCUT2D eigenvalue weighted by molar-refractivity contribution is 5.79. The molecule has 2 heterocycles. The second-order valence-electron chi connectivity index (χ2n) is 8.36. The van der Waals surface area contributed by atoms with Crippen molar-refractivity contribution in [2.75, 3.05) is 6.54 Å². The molecule has 0 saturated carbocycles. The van der Waals surface area contributed by atoms with Gasteiger partial charge < -0.3 is 26.7 Å². The summed E-state index contributed by atoms with van der Waals surface area (Å²) in [6.07, 6.45) is -2.34. The molecule has 3 rings (SSSR count). The molecule has 2 atom stereocenters. The van der Waals surface area contributed by atoms with Crippen LogP contribution in [-0.2, 0) is 35.3 Å². The maximum atomic E-state index is 13.7. The highest BCUT2D eigenvalue weighted by Gasteiger charge is 2.38. The van der Waals surface area contributed by atoms with Crippen molar-refractivity contribution < 1.29 is 35.9 Å². The van der Waals surface area contributed by atoms with Crippen molar-refractivity contribution in [3.63, 3.8) is 0 Å². The van der Waals surface area contributed by atoms with Crippen molar-refractivity contribution in [1.29, 1.82) is 0 Å². The maximum absolute atomic E-state index is 13.7. The smallest absolute Gasteiger partial charge is 0.368 e. The first-order valence-electron chi connectivity index (χ1n) is 11.1. The molecular formula is C22H28F6N6O2. The standard InChI is InChI=1S/C17H16F6N4O.C5H12N2O/c18-12-6-14(20)13(19)4-9(12)3-10(24)5-15(28)26-1-2-27-11(8-26)7-25-16(27)17(21,22)23;1-2-3-4(6)5(7)8/h4,6-7,10H,1-3,5,8,24H2;4H,2-3,6H2,1H3,(H2,7,8). The number of imidazole rings is 1. The van der Waals surface area contributed by atoms with E-state index in [2.05, 4.69) is 4.98 Å². The molecule has 200 valence electrons. The van der Waals surface area contributed by atoms with Gasteiger partial charge in [-0.2, -0.15) is 13.2 Å². The minimum atomic E-state index is -4.58. The summed E-state index contributed by atoms with van der Waals surface area (Å²) in [6, 6.07) is -0.222. The van der Waals surface area contributed by atoms with E-state index in [1.165, 1.54) is 4.90 Å². The van der Waals surface area contributed by atoms with Crippen LogP contribution in [0.25, 0.3) is 0 Å². The first-order valence-corrected chi connectivity index (χ1v) is 11.1. The van der Waals surface area contributed by atoms with E-state index in [1.807, 2.05) is 6.92 Å². The van der Waals surface area contributed by atoms with Gasteiger partial charge in [0.1, 0.15) is 5.82 Å². The van der Waals surface area contributed by atoms with Crippen LogP contribution in [0.15, 0.2) is 18.3 Å². The number of fused-ring (bicyclic) bond motifs is 1. The Hall–Kier alpha value is -3.13. The largest absolute Gasteiger partial charge is 0.449 e. The van der Waals surface area contributed by atoms with E-state index in [4.69, 9.17) is 17.2 Å². The lowest BCUT2D eigenvalue weighted by Crippen LogP contribution is -2.41. The zero-order valence-corrected chi connectivity index (χ0v) is 19.5. The van der Waals surface area contributed by atoms with Crippen LogP contribution < -0.4 is 17.2 Å². The molecule has 2 amide bonds. The number of benzene rings is 1. The minimum Gasteiger partial charge on any atom is -0.368 e. The molecule has 36 heavy (non-hydrogen) atoms. The molecule has 0 aliphatic carbocycles. The number of hydrogen-bond donors (Lipinski definition) is 3. The van der Waals surface area contributed by atoms with E-state index in [-0.39, 0.29) is 43.7 Å². The number of halogens is 6. The number of primary amides is 1. The number of nitrogens with two attached hydrogens (primary N) is 3. The third-order valence-corrected chi connectivity index (χ3v) is 5.46. The highest BCUT2D eigenvalue weighted by atomic mass is 19.4. The van der Waals surface area contributed by atoms with Gasteiger partial charge in [-0.1, -0.05) is 13.3 Å². The van der Waals surface area contributed by atoms with E-state index in [0.717, 1.165) is 17.2 Å². The van der Waals surface area contributed by atoms with E-state index in [0.29, 0.717) is 18.6 Å². The topological polar surface area (TPSA) is 133 Å². The van der Waals surface area contributed by atoms with Crippen LogP contribution in [0.1, 0.15) is 43.3 Å². The summed E-state index contributed by atoms with van der Waals surface area (Å²) < 4.78 is 79.5. The normalized spacial score (nSPS) is 15.0. The average molecular weight is 522 g/mol. The third-order valence-electron chi connectivity index (χ3n) is 5.46. The Morgan fingerprint density at radius 3 is 2.28 bits per heavy atom. The lowest BCUT2D eigenvalue weighted by Gasteiger charge is -2.30. The van der Waals surface area contributed by atoms with Crippen LogP contribution in [0.2, 0.25) is 0 Å². The molecule has 1 aromatic carbocycles. The van der Waals surface area contributed by atoms with Gasteiger partial charge in [0.2, 0.25) is 17.6 Å². The Morgan fingerprint density at radius 2 is 1.72 bits per heavy atom. The Balaban J connectivity index is 0.000000493.